The third kappa shape index (κ3) is 3.76. The molecule has 0 aliphatic rings. The fourth-order valence-corrected chi connectivity index (χ4v) is 2.36. The van der Waals surface area contributed by atoms with E-state index in [1.807, 2.05) is 6.07 Å². The summed E-state index contributed by atoms with van der Waals surface area (Å²) in [5.74, 6) is 0.905. The van der Waals surface area contributed by atoms with Crippen LogP contribution in [0, 0.1) is 5.41 Å². The predicted molar refractivity (Wildman–Crippen MR) is 91.0 cm³/mol. The second-order valence-corrected chi connectivity index (χ2v) is 6.95. The van der Waals surface area contributed by atoms with Gasteiger partial charge >= 0.3 is 0 Å². The van der Waals surface area contributed by atoms with Crippen LogP contribution in [0.4, 0.5) is 0 Å². The van der Waals surface area contributed by atoms with Crippen LogP contribution in [0.3, 0.4) is 0 Å². The van der Waals surface area contributed by atoms with Crippen LogP contribution in [-0.4, -0.2) is 13.2 Å². The molecule has 114 valence electrons. The average Bonchev–Trinajstić information content (AvgIpc) is 2.44. The highest BCUT2D eigenvalue weighted by atomic mass is 16.5. The Bertz CT molecular complexity index is 612. The number of rotatable bonds is 4. The van der Waals surface area contributed by atoms with Gasteiger partial charge in [0.15, 0.2) is 0 Å². The van der Waals surface area contributed by atoms with E-state index < -0.39 is 0 Å². The lowest BCUT2D eigenvalue weighted by Gasteiger charge is -2.31. The Kier molecular flexibility index (Phi) is 4.58. The van der Waals surface area contributed by atoms with E-state index >= 15 is 0 Å². The average molecular weight is 285 g/mol. The van der Waals surface area contributed by atoms with Gasteiger partial charge in [-0.25, -0.2) is 0 Å². The van der Waals surface area contributed by atoms with Gasteiger partial charge < -0.3 is 10.1 Å². The van der Waals surface area contributed by atoms with Crippen LogP contribution in [0.2, 0.25) is 0 Å². The van der Waals surface area contributed by atoms with Crippen LogP contribution in [0.25, 0.3) is 10.8 Å². The molecule has 2 aromatic carbocycles. The standard InChI is InChI=1S/C19H27NO/c1-13(20-14(2)19(3,4)5)15-7-8-17-12-18(21-6)10-9-16(17)11-15/h7-14,20H,1-6H3. The molecule has 2 unspecified atom stereocenters. The molecule has 0 aliphatic carbocycles. The summed E-state index contributed by atoms with van der Waals surface area (Å²) in [4.78, 5) is 0. The molecule has 2 nitrogen and oxygen atoms in total. The summed E-state index contributed by atoms with van der Waals surface area (Å²) in [5, 5.41) is 6.17. The molecule has 0 fully saturated rings. The maximum Gasteiger partial charge on any atom is 0.119 e. The third-order valence-corrected chi connectivity index (χ3v) is 4.37. The molecule has 0 amide bonds. The SMILES string of the molecule is COc1ccc2cc(C(C)NC(C)C(C)(C)C)ccc2c1. The first kappa shape index (κ1) is 15.8. The minimum Gasteiger partial charge on any atom is -0.497 e. The molecule has 0 saturated heterocycles. The van der Waals surface area contributed by atoms with Gasteiger partial charge in [0.05, 0.1) is 7.11 Å². The lowest BCUT2D eigenvalue weighted by molar-refractivity contribution is 0.268. The fraction of sp³-hybridized carbons (Fsp3) is 0.474. The predicted octanol–water partition coefficient (Wildman–Crippen LogP) is 4.93. The Morgan fingerprint density at radius 2 is 1.57 bits per heavy atom. The summed E-state index contributed by atoms with van der Waals surface area (Å²) in [7, 11) is 1.70. The van der Waals surface area contributed by atoms with E-state index in [2.05, 4.69) is 70.3 Å². The van der Waals surface area contributed by atoms with Gasteiger partial charge in [0.1, 0.15) is 5.75 Å². The zero-order valence-corrected chi connectivity index (χ0v) is 14.0. The Hall–Kier alpha value is -1.54. The third-order valence-electron chi connectivity index (χ3n) is 4.37. The normalized spacial score (nSPS) is 15.0. The summed E-state index contributed by atoms with van der Waals surface area (Å²) in [5.41, 5.74) is 1.59. The molecule has 0 heterocycles. The van der Waals surface area contributed by atoms with Crippen LogP contribution in [0.1, 0.15) is 46.2 Å². The molecule has 0 aliphatic heterocycles. The molecule has 2 heteroatoms. The van der Waals surface area contributed by atoms with Crippen LogP contribution in [-0.2, 0) is 0 Å². The van der Waals surface area contributed by atoms with Crippen molar-refractivity contribution in [3.05, 3.63) is 42.0 Å². The molecule has 0 spiro atoms. The highest BCUT2D eigenvalue weighted by Crippen LogP contribution is 2.26. The summed E-state index contributed by atoms with van der Waals surface area (Å²) >= 11 is 0. The van der Waals surface area contributed by atoms with E-state index in [0.29, 0.717) is 12.1 Å². The first-order valence-electron chi connectivity index (χ1n) is 7.65. The summed E-state index contributed by atoms with van der Waals surface area (Å²) in [6, 6.07) is 13.7. The second-order valence-electron chi connectivity index (χ2n) is 6.95. The van der Waals surface area contributed by atoms with Gasteiger partial charge in [-0.1, -0.05) is 39.0 Å². The molecule has 0 aromatic heterocycles. The molecule has 2 aromatic rings. The van der Waals surface area contributed by atoms with E-state index in [9.17, 15) is 0 Å². The number of ether oxygens (including phenoxy) is 1. The number of nitrogens with one attached hydrogen (secondary N) is 1. The Balaban J connectivity index is 2.22. The van der Waals surface area contributed by atoms with Gasteiger partial charge in [-0.3, -0.25) is 0 Å². The molecular weight excluding hydrogens is 258 g/mol. The first-order valence-corrected chi connectivity index (χ1v) is 7.65. The van der Waals surface area contributed by atoms with Crippen molar-refractivity contribution in [2.75, 3.05) is 7.11 Å². The molecule has 2 atom stereocenters. The molecule has 2 rings (SSSR count). The van der Waals surface area contributed by atoms with Crippen LogP contribution in [0.15, 0.2) is 36.4 Å². The van der Waals surface area contributed by atoms with Gasteiger partial charge in [-0.15, -0.1) is 0 Å². The van der Waals surface area contributed by atoms with Crippen molar-refractivity contribution in [2.45, 2.75) is 46.7 Å². The van der Waals surface area contributed by atoms with Crippen molar-refractivity contribution < 1.29 is 4.74 Å². The van der Waals surface area contributed by atoms with Crippen molar-refractivity contribution in [2.24, 2.45) is 5.41 Å². The van der Waals surface area contributed by atoms with Gasteiger partial charge in [-0.2, -0.15) is 0 Å². The Morgan fingerprint density at radius 1 is 0.952 bits per heavy atom. The van der Waals surface area contributed by atoms with Crippen LogP contribution >= 0.6 is 0 Å². The van der Waals surface area contributed by atoms with Gasteiger partial charge in [-0.05, 0) is 53.8 Å². The number of methoxy groups -OCH3 is 1. The van der Waals surface area contributed by atoms with Crippen molar-refractivity contribution in [3.8, 4) is 5.75 Å². The minimum absolute atomic E-state index is 0.262. The number of hydrogen-bond acceptors (Lipinski definition) is 2. The molecule has 21 heavy (non-hydrogen) atoms. The molecule has 0 radical (unpaired) electrons. The van der Waals surface area contributed by atoms with E-state index in [1.54, 1.807) is 7.11 Å². The fourth-order valence-electron chi connectivity index (χ4n) is 2.36. The minimum atomic E-state index is 0.262. The zero-order chi connectivity index (χ0) is 15.6. The highest BCUT2D eigenvalue weighted by Gasteiger charge is 2.21. The number of benzene rings is 2. The molecule has 0 bridgehead atoms. The summed E-state index contributed by atoms with van der Waals surface area (Å²) in [6.45, 7) is 11.3. The zero-order valence-electron chi connectivity index (χ0n) is 14.0. The van der Waals surface area contributed by atoms with Gasteiger partial charge in [0, 0.05) is 12.1 Å². The second kappa shape index (κ2) is 6.07. The van der Waals surface area contributed by atoms with Crippen LogP contribution < -0.4 is 10.1 Å². The summed E-state index contributed by atoms with van der Waals surface area (Å²) < 4.78 is 5.28. The lowest BCUT2D eigenvalue weighted by Crippen LogP contribution is -2.39. The van der Waals surface area contributed by atoms with Crippen molar-refractivity contribution in [1.82, 2.24) is 5.32 Å². The number of fused-ring (bicyclic) bond motifs is 1. The highest BCUT2D eigenvalue weighted by molar-refractivity contribution is 5.84. The largest absolute Gasteiger partial charge is 0.497 e. The van der Waals surface area contributed by atoms with Crippen LogP contribution in [0.5, 0.6) is 5.75 Å². The van der Waals surface area contributed by atoms with E-state index in [-0.39, 0.29) is 5.41 Å². The molecule has 0 saturated carbocycles. The number of hydrogen-bond donors (Lipinski definition) is 1. The monoisotopic (exact) mass is 285 g/mol. The first-order chi connectivity index (χ1) is 9.81. The quantitative estimate of drug-likeness (QED) is 0.859. The smallest absolute Gasteiger partial charge is 0.119 e. The van der Waals surface area contributed by atoms with Crippen molar-refractivity contribution >= 4 is 10.8 Å². The van der Waals surface area contributed by atoms with E-state index in [0.717, 1.165) is 5.75 Å². The lowest BCUT2D eigenvalue weighted by atomic mass is 9.87. The maximum atomic E-state index is 5.28. The summed E-state index contributed by atoms with van der Waals surface area (Å²) in [6.07, 6.45) is 0. The topological polar surface area (TPSA) is 21.3 Å². The van der Waals surface area contributed by atoms with Gasteiger partial charge in [0.2, 0.25) is 0 Å². The van der Waals surface area contributed by atoms with Crippen molar-refractivity contribution in [1.29, 1.82) is 0 Å². The molecule has 1 N–H and O–H groups in total. The maximum absolute atomic E-state index is 5.28. The Labute approximate surface area is 128 Å². The van der Waals surface area contributed by atoms with E-state index in [4.69, 9.17) is 4.74 Å². The molecular formula is C19H27NO. The van der Waals surface area contributed by atoms with Gasteiger partial charge in [0.25, 0.3) is 0 Å². The van der Waals surface area contributed by atoms with E-state index in [1.165, 1.54) is 16.3 Å². The Morgan fingerprint density at radius 3 is 2.19 bits per heavy atom. The van der Waals surface area contributed by atoms with Crippen molar-refractivity contribution in [3.63, 3.8) is 0 Å².